The lowest BCUT2D eigenvalue weighted by Gasteiger charge is -2.06. The average Bonchev–Trinajstić information content (AvgIpc) is 2.18. The standard InChI is InChI=1S/C9H15N3O2S/c1-2-15(13,14)6-5-11-8-3-4-12-9(10)7-8/h3-4,7H,2,5-6H2,1H3,(H3,10,11,12). The lowest BCUT2D eigenvalue weighted by molar-refractivity contribution is 0.597. The third-order valence-electron chi connectivity index (χ3n) is 1.96. The van der Waals surface area contributed by atoms with Crippen LogP contribution in [0.5, 0.6) is 0 Å². The summed E-state index contributed by atoms with van der Waals surface area (Å²) in [7, 11) is -2.91. The van der Waals surface area contributed by atoms with Gasteiger partial charge in [-0.2, -0.15) is 0 Å². The second kappa shape index (κ2) is 4.97. The maximum absolute atomic E-state index is 11.2. The Hall–Kier alpha value is -1.30. The molecule has 0 aliphatic carbocycles. The second-order valence-electron chi connectivity index (χ2n) is 3.13. The van der Waals surface area contributed by atoms with Crippen LogP contribution >= 0.6 is 0 Å². The molecule has 0 amide bonds. The first-order chi connectivity index (χ1) is 7.03. The zero-order valence-electron chi connectivity index (χ0n) is 8.60. The molecule has 3 N–H and O–H groups in total. The fourth-order valence-corrected chi connectivity index (χ4v) is 1.76. The van der Waals surface area contributed by atoms with Gasteiger partial charge in [0.2, 0.25) is 0 Å². The summed E-state index contributed by atoms with van der Waals surface area (Å²) in [5.41, 5.74) is 6.26. The summed E-state index contributed by atoms with van der Waals surface area (Å²) in [5, 5.41) is 2.98. The largest absolute Gasteiger partial charge is 0.384 e. The summed E-state index contributed by atoms with van der Waals surface area (Å²) in [6.07, 6.45) is 1.58. The van der Waals surface area contributed by atoms with E-state index in [1.54, 1.807) is 25.3 Å². The van der Waals surface area contributed by atoms with Gasteiger partial charge >= 0.3 is 0 Å². The molecule has 6 heteroatoms. The number of nitrogens with one attached hydrogen (secondary N) is 1. The van der Waals surface area contributed by atoms with Crippen LogP contribution in [0, 0.1) is 0 Å². The number of nitrogens with two attached hydrogens (primary N) is 1. The number of nitrogens with zero attached hydrogens (tertiary/aromatic N) is 1. The number of nitrogen functional groups attached to an aromatic ring is 1. The van der Waals surface area contributed by atoms with Crippen LogP contribution in [0.3, 0.4) is 0 Å². The lowest BCUT2D eigenvalue weighted by atomic mass is 10.4. The van der Waals surface area contributed by atoms with E-state index in [4.69, 9.17) is 5.73 Å². The zero-order valence-corrected chi connectivity index (χ0v) is 9.42. The molecule has 0 bridgehead atoms. The fourth-order valence-electron chi connectivity index (χ4n) is 1.05. The molecule has 0 aliphatic rings. The number of hydrogen-bond donors (Lipinski definition) is 2. The first-order valence-corrected chi connectivity index (χ1v) is 6.51. The SMILES string of the molecule is CCS(=O)(=O)CCNc1ccnc(N)c1. The van der Waals surface area contributed by atoms with E-state index in [2.05, 4.69) is 10.3 Å². The van der Waals surface area contributed by atoms with E-state index in [0.29, 0.717) is 12.4 Å². The van der Waals surface area contributed by atoms with Crippen LogP contribution in [0.15, 0.2) is 18.3 Å². The van der Waals surface area contributed by atoms with E-state index in [9.17, 15) is 8.42 Å². The van der Waals surface area contributed by atoms with Crippen LogP contribution in [0.2, 0.25) is 0 Å². The minimum absolute atomic E-state index is 0.131. The Morgan fingerprint density at radius 1 is 1.53 bits per heavy atom. The third-order valence-corrected chi connectivity index (χ3v) is 3.67. The molecule has 5 nitrogen and oxygen atoms in total. The van der Waals surface area contributed by atoms with Gasteiger partial charge in [-0.3, -0.25) is 0 Å². The van der Waals surface area contributed by atoms with Crippen LogP contribution in [-0.4, -0.2) is 31.5 Å². The molecule has 1 aromatic rings. The molecule has 1 heterocycles. The van der Waals surface area contributed by atoms with Crippen molar-refractivity contribution in [3.8, 4) is 0 Å². The summed E-state index contributed by atoms with van der Waals surface area (Å²) in [6.45, 7) is 2.03. The normalized spacial score (nSPS) is 11.3. The summed E-state index contributed by atoms with van der Waals surface area (Å²) >= 11 is 0. The Labute approximate surface area is 89.6 Å². The Kier molecular flexibility index (Phi) is 3.90. The molecule has 0 atom stereocenters. The minimum Gasteiger partial charge on any atom is -0.384 e. The highest BCUT2D eigenvalue weighted by Crippen LogP contribution is 2.08. The zero-order chi connectivity index (χ0) is 11.3. The van der Waals surface area contributed by atoms with Crippen molar-refractivity contribution in [3.63, 3.8) is 0 Å². The van der Waals surface area contributed by atoms with Gasteiger partial charge in [0, 0.05) is 30.2 Å². The van der Waals surface area contributed by atoms with Crippen molar-refractivity contribution in [1.29, 1.82) is 0 Å². The van der Waals surface area contributed by atoms with Gasteiger partial charge < -0.3 is 11.1 Å². The van der Waals surface area contributed by atoms with Crippen molar-refractivity contribution in [2.75, 3.05) is 29.1 Å². The average molecular weight is 229 g/mol. The van der Waals surface area contributed by atoms with Crippen molar-refractivity contribution in [1.82, 2.24) is 4.98 Å². The molecule has 0 unspecified atom stereocenters. The third kappa shape index (κ3) is 4.16. The highest BCUT2D eigenvalue weighted by Gasteiger charge is 2.06. The van der Waals surface area contributed by atoms with Gasteiger partial charge in [0.1, 0.15) is 5.82 Å². The van der Waals surface area contributed by atoms with Crippen LogP contribution in [0.1, 0.15) is 6.92 Å². The van der Waals surface area contributed by atoms with Crippen LogP contribution in [0.25, 0.3) is 0 Å². The van der Waals surface area contributed by atoms with Crippen molar-refractivity contribution < 1.29 is 8.42 Å². The molecular formula is C9H15N3O2S. The monoisotopic (exact) mass is 229 g/mol. The van der Waals surface area contributed by atoms with E-state index >= 15 is 0 Å². The van der Waals surface area contributed by atoms with E-state index in [0.717, 1.165) is 5.69 Å². The first-order valence-electron chi connectivity index (χ1n) is 4.69. The summed E-state index contributed by atoms with van der Waals surface area (Å²) in [6, 6.07) is 3.41. The fraction of sp³-hybridized carbons (Fsp3) is 0.444. The molecule has 15 heavy (non-hydrogen) atoms. The van der Waals surface area contributed by atoms with Gasteiger partial charge in [0.05, 0.1) is 5.75 Å². The molecule has 0 fully saturated rings. The van der Waals surface area contributed by atoms with Gasteiger partial charge in [-0.15, -0.1) is 0 Å². The van der Waals surface area contributed by atoms with Crippen LogP contribution in [0.4, 0.5) is 11.5 Å². The summed E-state index contributed by atoms with van der Waals surface area (Å²) in [5.74, 6) is 0.720. The number of pyridine rings is 1. The number of sulfone groups is 1. The van der Waals surface area contributed by atoms with Crippen LogP contribution < -0.4 is 11.1 Å². The predicted octanol–water partition coefficient (Wildman–Crippen LogP) is 0.510. The van der Waals surface area contributed by atoms with E-state index < -0.39 is 9.84 Å². The maximum Gasteiger partial charge on any atom is 0.151 e. The van der Waals surface area contributed by atoms with Crippen LogP contribution in [-0.2, 0) is 9.84 Å². The lowest BCUT2D eigenvalue weighted by Crippen LogP contribution is -2.17. The number of rotatable bonds is 5. The van der Waals surface area contributed by atoms with Crippen molar-refractivity contribution in [2.45, 2.75) is 6.92 Å². The van der Waals surface area contributed by atoms with E-state index in [-0.39, 0.29) is 11.5 Å². The van der Waals surface area contributed by atoms with Crippen molar-refractivity contribution in [3.05, 3.63) is 18.3 Å². The van der Waals surface area contributed by atoms with Gasteiger partial charge in [0.15, 0.2) is 9.84 Å². The number of aromatic nitrogens is 1. The quantitative estimate of drug-likeness (QED) is 0.768. The predicted molar refractivity (Wildman–Crippen MR) is 61.5 cm³/mol. The molecule has 0 aliphatic heterocycles. The molecule has 0 aromatic carbocycles. The Bertz CT molecular complexity index is 417. The second-order valence-corrected chi connectivity index (χ2v) is 5.61. The van der Waals surface area contributed by atoms with Gasteiger partial charge in [0.25, 0.3) is 0 Å². The summed E-state index contributed by atoms with van der Waals surface area (Å²) in [4.78, 5) is 3.83. The van der Waals surface area contributed by atoms with Gasteiger partial charge in [-0.25, -0.2) is 13.4 Å². The van der Waals surface area contributed by atoms with Crippen molar-refractivity contribution in [2.24, 2.45) is 0 Å². The van der Waals surface area contributed by atoms with Crippen molar-refractivity contribution >= 4 is 21.3 Å². The Morgan fingerprint density at radius 3 is 2.87 bits per heavy atom. The Balaban J connectivity index is 2.45. The van der Waals surface area contributed by atoms with E-state index in [1.807, 2.05) is 0 Å². The van der Waals surface area contributed by atoms with Gasteiger partial charge in [-0.1, -0.05) is 6.92 Å². The molecule has 1 aromatic heterocycles. The Morgan fingerprint density at radius 2 is 2.27 bits per heavy atom. The minimum atomic E-state index is -2.91. The van der Waals surface area contributed by atoms with E-state index in [1.165, 1.54) is 0 Å². The highest BCUT2D eigenvalue weighted by atomic mass is 32.2. The molecule has 0 radical (unpaired) electrons. The highest BCUT2D eigenvalue weighted by molar-refractivity contribution is 7.91. The molecule has 0 saturated heterocycles. The number of hydrogen-bond acceptors (Lipinski definition) is 5. The summed E-state index contributed by atoms with van der Waals surface area (Å²) < 4.78 is 22.4. The smallest absolute Gasteiger partial charge is 0.151 e. The molecule has 1 rings (SSSR count). The maximum atomic E-state index is 11.2. The molecule has 0 spiro atoms. The molecule has 0 saturated carbocycles. The molecular weight excluding hydrogens is 214 g/mol. The van der Waals surface area contributed by atoms with Gasteiger partial charge in [-0.05, 0) is 6.07 Å². The molecule has 84 valence electrons. The topological polar surface area (TPSA) is 85.1 Å². The first kappa shape index (κ1) is 11.8. The number of anilines is 2.